The summed E-state index contributed by atoms with van der Waals surface area (Å²) >= 11 is 0. The number of rotatable bonds is 5. The van der Waals surface area contributed by atoms with Crippen molar-refractivity contribution in [3.63, 3.8) is 0 Å². The topological polar surface area (TPSA) is 63.0 Å². The summed E-state index contributed by atoms with van der Waals surface area (Å²) in [5, 5.41) is 6.42. The SMILES string of the molecule is CCNc1ncc(C)c(NC(C)c2ccco2)n1. The van der Waals surface area contributed by atoms with Gasteiger partial charge in [0.05, 0.1) is 12.3 Å². The Hall–Kier alpha value is -2.04. The van der Waals surface area contributed by atoms with E-state index in [0.717, 1.165) is 23.7 Å². The molecular formula is C13H18N4O. The van der Waals surface area contributed by atoms with Gasteiger partial charge in [0.15, 0.2) is 0 Å². The molecule has 0 bridgehead atoms. The van der Waals surface area contributed by atoms with Gasteiger partial charge in [-0.15, -0.1) is 0 Å². The van der Waals surface area contributed by atoms with Crippen molar-refractivity contribution in [2.45, 2.75) is 26.8 Å². The van der Waals surface area contributed by atoms with Crippen molar-refractivity contribution < 1.29 is 4.42 Å². The number of nitrogens with zero attached hydrogens (tertiary/aromatic N) is 2. The molecule has 0 aliphatic heterocycles. The van der Waals surface area contributed by atoms with E-state index in [1.165, 1.54) is 0 Å². The summed E-state index contributed by atoms with van der Waals surface area (Å²) in [6.45, 7) is 6.83. The molecule has 0 aliphatic rings. The molecule has 2 aromatic heterocycles. The van der Waals surface area contributed by atoms with Gasteiger partial charge >= 0.3 is 0 Å². The first-order valence-electron chi connectivity index (χ1n) is 6.08. The molecule has 5 nitrogen and oxygen atoms in total. The Morgan fingerprint density at radius 1 is 1.44 bits per heavy atom. The third-order valence-electron chi connectivity index (χ3n) is 2.63. The minimum atomic E-state index is 0.0723. The van der Waals surface area contributed by atoms with Crippen LogP contribution in [0.1, 0.15) is 31.2 Å². The number of aromatic nitrogens is 2. The van der Waals surface area contributed by atoms with Crippen LogP contribution in [0.2, 0.25) is 0 Å². The number of hydrogen-bond donors (Lipinski definition) is 2. The number of aryl methyl sites for hydroxylation is 1. The fourth-order valence-corrected chi connectivity index (χ4v) is 1.65. The molecule has 0 saturated carbocycles. The molecule has 0 aliphatic carbocycles. The lowest BCUT2D eigenvalue weighted by atomic mass is 10.2. The Kier molecular flexibility index (Phi) is 3.82. The number of hydrogen-bond acceptors (Lipinski definition) is 5. The van der Waals surface area contributed by atoms with Crippen molar-refractivity contribution in [2.75, 3.05) is 17.2 Å². The van der Waals surface area contributed by atoms with Gasteiger partial charge in [0, 0.05) is 18.3 Å². The van der Waals surface area contributed by atoms with Gasteiger partial charge in [0.25, 0.3) is 0 Å². The third kappa shape index (κ3) is 2.80. The monoisotopic (exact) mass is 246 g/mol. The normalized spacial score (nSPS) is 12.2. The first-order chi connectivity index (χ1) is 8.70. The maximum atomic E-state index is 5.36. The molecule has 0 aromatic carbocycles. The molecule has 18 heavy (non-hydrogen) atoms. The molecule has 0 amide bonds. The van der Waals surface area contributed by atoms with Crippen molar-refractivity contribution in [1.82, 2.24) is 9.97 Å². The molecule has 96 valence electrons. The molecule has 0 radical (unpaired) electrons. The molecule has 2 rings (SSSR count). The Labute approximate surface area is 107 Å². The second-order valence-electron chi connectivity index (χ2n) is 4.14. The average molecular weight is 246 g/mol. The van der Waals surface area contributed by atoms with E-state index in [4.69, 9.17) is 4.42 Å². The molecule has 0 saturated heterocycles. The molecule has 2 heterocycles. The zero-order valence-corrected chi connectivity index (χ0v) is 10.9. The van der Waals surface area contributed by atoms with Crippen LogP contribution in [0.5, 0.6) is 0 Å². The van der Waals surface area contributed by atoms with Gasteiger partial charge in [-0.05, 0) is 32.9 Å². The van der Waals surface area contributed by atoms with Gasteiger partial charge in [0.2, 0.25) is 5.95 Å². The molecule has 2 aromatic rings. The van der Waals surface area contributed by atoms with Crippen LogP contribution in [-0.4, -0.2) is 16.5 Å². The van der Waals surface area contributed by atoms with Crippen molar-refractivity contribution >= 4 is 11.8 Å². The molecule has 0 spiro atoms. The average Bonchev–Trinajstić information content (AvgIpc) is 2.87. The highest BCUT2D eigenvalue weighted by molar-refractivity contribution is 5.47. The van der Waals surface area contributed by atoms with Gasteiger partial charge in [-0.2, -0.15) is 4.98 Å². The summed E-state index contributed by atoms with van der Waals surface area (Å²) in [4.78, 5) is 8.65. The van der Waals surface area contributed by atoms with Gasteiger partial charge in [-0.3, -0.25) is 0 Å². The summed E-state index contributed by atoms with van der Waals surface area (Å²) in [7, 11) is 0. The van der Waals surface area contributed by atoms with E-state index in [1.54, 1.807) is 6.26 Å². The Morgan fingerprint density at radius 3 is 2.94 bits per heavy atom. The predicted molar refractivity (Wildman–Crippen MR) is 71.7 cm³/mol. The van der Waals surface area contributed by atoms with Crippen molar-refractivity contribution in [3.8, 4) is 0 Å². The van der Waals surface area contributed by atoms with Crippen molar-refractivity contribution in [1.29, 1.82) is 0 Å². The van der Waals surface area contributed by atoms with Crippen LogP contribution in [0.3, 0.4) is 0 Å². The summed E-state index contributed by atoms with van der Waals surface area (Å²) < 4.78 is 5.36. The molecular weight excluding hydrogens is 228 g/mol. The second-order valence-corrected chi connectivity index (χ2v) is 4.14. The first-order valence-corrected chi connectivity index (χ1v) is 6.08. The van der Waals surface area contributed by atoms with Crippen LogP contribution >= 0.6 is 0 Å². The minimum Gasteiger partial charge on any atom is -0.467 e. The van der Waals surface area contributed by atoms with Crippen LogP contribution in [0.15, 0.2) is 29.0 Å². The second kappa shape index (κ2) is 5.53. The minimum absolute atomic E-state index is 0.0723. The predicted octanol–water partition coefficient (Wildman–Crippen LogP) is 2.98. The maximum Gasteiger partial charge on any atom is 0.224 e. The number of anilines is 2. The van der Waals surface area contributed by atoms with Gasteiger partial charge in [-0.1, -0.05) is 0 Å². The van der Waals surface area contributed by atoms with E-state index in [1.807, 2.05) is 39.1 Å². The number of nitrogens with one attached hydrogen (secondary N) is 2. The van der Waals surface area contributed by atoms with Crippen LogP contribution in [0.4, 0.5) is 11.8 Å². The molecule has 1 unspecified atom stereocenters. The highest BCUT2D eigenvalue weighted by Crippen LogP contribution is 2.21. The van der Waals surface area contributed by atoms with Crippen LogP contribution < -0.4 is 10.6 Å². The highest BCUT2D eigenvalue weighted by Gasteiger charge is 2.11. The summed E-state index contributed by atoms with van der Waals surface area (Å²) in [6, 6.07) is 3.90. The first kappa shape index (κ1) is 12.4. The third-order valence-corrected chi connectivity index (χ3v) is 2.63. The largest absolute Gasteiger partial charge is 0.467 e. The van der Waals surface area contributed by atoms with E-state index < -0.39 is 0 Å². The summed E-state index contributed by atoms with van der Waals surface area (Å²) in [5.41, 5.74) is 1.01. The smallest absolute Gasteiger partial charge is 0.224 e. The Balaban J connectivity index is 2.15. The van der Waals surface area contributed by atoms with Crippen LogP contribution in [-0.2, 0) is 0 Å². The lowest BCUT2D eigenvalue weighted by Crippen LogP contribution is -2.11. The standard InChI is InChI=1S/C13H18N4O/c1-4-14-13-15-8-9(2)12(17-13)16-10(3)11-6-5-7-18-11/h5-8,10H,4H2,1-3H3,(H2,14,15,16,17). The van der Waals surface area contributed by atoms with Crippen molar-refractivity contribution in [3.05, 3.63) is 35.9 Å². The number of furan rings is 1. The Morgan fingerprint density at radius 2 is 2.28 bits per heavy atom. The van der Waals surface area contributed by atoms with Crippen molar-refractivity contribution in [2.24, 2.45) is 0 Å². The lowest BCUT2D eigenvalue weighted by molar-refractivity contribution is 0.490. The van der Waals surface area contributed by atoms with Gasteiger partial charge in [0.1, 0.15) is 11.6 Å². The zero-order chi connectivity index (χ0) is 13.0. The van der Waals surface area contributed by atoms with Crippen LogP contribution in [0, 0.1) is 6.92 Å². The molecule has 2 N–H and O–H groups in total. The quantitative estimate of drug-likeness (QED) is 0.849. The van der Waals surface area contributed by atoms with Gasteiger partial charge < -0.3 is 15.1 Å². The van der Waals surface area contributed by atoms with E-state index in [-0.39, 0.29) is 6.04 Å². The highest BCUT2D eigenvalue weighted by atomic mass is 16.3. The molecule has 0 fully saturated rings. The van der Waals surface area contributed by atoms with E-state index in [0.29, 0.717) is 5.95 Å². The maximum absolute atomic E-state index is 5.36. The zero-order valence-electron chi connectivity index (χ0n) is 10.9. The fraction of sp³-hybridized carbons (Fsp3) is 0.385. The fourth-order valence-electron chi connectivity index (χ4n) is 1.65. The summed E-state index contributed by atoms with van der Waals surface area (Å²) in [5.74, 6) is 2.35. The van der Waals surface area contributed by atoms with E-state index in [2.05, 4.69) is 20.6 Å². The van der Waals surface area contributed by atoms with E-state index in [9.17, 15) is 0 Å². The molecule has 5 heteroatoms. The Bertz CT molecular complexity index is 496. The molecule has 1 atom stereocenters. The lowest BCUT2D eigenvalue weighted by Gasteiger charge is -2.14. The van der Waals surface area contributed by atoms with Crippen LogP contribution in [0.25, 0.3) is 0 Å². The van der Waals surface area contributed by atoms with Gasteiger partial charge in [-0.25, -0.2) is 4.98 Å². The van der Waals surface area contributed by atoms with E-state index >= 15 is 0 Å². The summed E-state index contributed by atoms with van der Waals surface area (Å²) in [6.07, 6.45) is 3.48.